The van der Waals surface area contributed by atoms with Gasteiger partial charge in [-0.2, -0.15) is 0 Å². The van der Waals surface area contributed by atoms with Crippen LogP contribution in [0.5, 0.6) is 0 Å². The summed E-state index contributed by atoms with van der Waals surface area (Å²) in [7, 11) is 1.48. The van der Waals surface area contributed by atoms with Crippen LogP contribution in [-0.2, 0) is 27.9 Å². The number of esters is 1. The van der Waals surface area contributed by atoms with Gasteiger partial charge in [0.1, 0.15) is 19.3 Å². The van der Waals surface area contributed by atoms with Crippen molar-refractivity contribution in [1.29, 1.82) is 0 Å². The summed E-state index contributed by atoms with van der Waals surface area (Å²) < 4.78 is 30.7. The highest BCUT2D eigenvalue weighted by molar-refractivity contribution is 7.47. The zero-order chi connectivity index (χ0) is 55.0. The number of rotatable bonds is 56. The largest absolute Gasteiger partial charge is 0.472 e. The third kappa shape index (κ3) is 56.0. The van der Waals surface area contributed by atoms with E-state index in [4.69, 9.17) is 13.8 Å². The van der Waals surface area contributed by atoms with E-state index in [2.05, 4.69) is 86.8 Å². The number of phosphoric acid groups is 1. The Kier molecular flexibility index (Phi) is 52.9. The molecule has 0 spiro atoms. The lowest BCUT2D eigenvalue weighted by atomic mass is 10.0. The van der Waals surface area contributed by atoms with Crippen molar-refractivity contribution >= 4 is 19.7 Å². The van der Waals surface area contributed by atoms with Gasteiger partial charge in [0.15, 0.2) is 0 Å². The van der Waals surface area contributed by atoms with Crippen molar-refractivity contribution in [2.24, 2.45) is 0 Å². The molecular weight excluding hydrogens is 952 g/mol. The molecule has 0 aromatic carbocycles. The number of carbonyl (C=O) groups excluding carboxylic acids is 2. The first-order chi connectivity index (χ1) is 36.4. The maximum absolute atomic E-state index is 13.6. The lowest BCUT2D eigenvalue weighted by Crippen LogP contribution is -2.47. The molecule has 0 aromatic rings. The Balaban J connectivity index is 5.29. The van der Waals surface area contributed by atoms with Crippen molar-refractivity contribution in [3.63, 3.8) is 0 Å². The number of hydrogen-bond donors (Lipinski definition) is 2. The van der Waals surface area contributed by atoms with Crippen molar-refractivity contribution in [3.8, 4) is 0 Å². The maximum atomic E-state index is 13.6. The Hall–Kier alpha value is -2.55. The van der Waals surface area contributed by atoms with Gasteiger partial charge in [-0.3, -0.25) is 18.6 Å². The highest BCUT2D eigenvalue weighted by Crippen LogP contribution is 2.43. The van der Waals surface area contributed by atoms with E-state index < -0.39 is 20.0 Å². The molecule has 0 aliphatic heterocycles. The molecule has 0 saturated heterocycles. The van der Waals surface area contributed by atoms with Gasteiger partial charge in [-0.25, -0.2) is 4.57 Å². The number of ether oxygens (including phenoxy) is 1. The number of allylic oxidation sites excluding steroid dienone is 11. The molecule has 0 heterocycles. The van der Waals surface area contributed by atoms with E-state index in [-0.39, 0.29) is 31.5 Å². The van der Waals surface area contributed by atoms with Crippen LogP contribution in [0.2, 0.25) is 0 Å². The van der Waals surface area contributed by atoms with Gasteiger partial charge in [-0.1, -0.05) is 242 Å². The summed E-state index contributed by atoms with van der Waals surface area (Å²) in [4.78, 5) is 37.7. The molecule has 0 fully saturated rings. The molecule has 75 heavy (non-hydrogen) atoms. The second-order valence-electron chi connectivity index (χ2n) is 22.3. The second-order valence-corrected chi connectivity index (χ2v) is 23.7. The molecule has 0 aliphatic rings. The van der Waals surface area contributed by atoms with Gasteiger partial charge in [0.25, 0.3) is 0 Å². The monoisotopic (exact) mass is 1070 g/mol. The van der Waals surface area contributed by atoms with Gasteiger partial charge in [-0.15, -0.1) is 0 Å². The van der Waals surface area contributed by atoms with Crippen LogP contribution in [-0.4, -0.2) is 74.3 Å². The van der Waals surface area contributed by atoms with Crippen LogP contribution in [0.4, 0.5) is 0 Å². The molecule has 0 saturated carbocycles. The smallest absolute Gasteiger partial charge is 0.456 e. The molecule has 1 amide bonds. The summed E-state index contributed by atoms with van der Waals surface area (Å²) in [5, 5.41) is 3.05. The second kappa shape index (κ2) is 54.8. The molecule has 0 rings (SSSR count). The number of likely N-dealkylation sites (N-methyl/N-ethyl adjacent to an activating group) is 1. The van der Waals surface area contributed by atoms with E-state index in [1.165, 1.54) is 141 Å². The van der Waals surface area contributed by atoms with E-state index in [1.54, 1.807) is 0 Å². The fourth-order valence-corrected chi connectivity index (χ4v) is 9.50. The van der Waals surface area contributed by atoms with Gasteiger partial charge in [0, 0.05) is 12.8 Å². The third-order valence-corrected chi connectivity index (χ3v) is 14.6. The molecule has 3 atom stereocenters. The van der Waals surface area contributed by atoms with Crippen LogP contribution in [0.25, 0.3) is 0 Å². The Morgan fingerprint density at radius 2 is 0.853 bits per heavy atom. The van der Waals surface area contributed by atoms with Gasteiger partial charge in [0.05, 0.1) is 33.8 Å². The predicted octanol–water partition coefficient (Wildman–Crippen LogP) is 19.2. The van der Waals surface area contributed by atoms with Crippen LogP contribution in [0.1, 0.15) is 278 Å². The molecule has 0 radical (unpaired) electrons. The van der Waals surface area contributed by atoms with E-state index in [9.17, 15) is 19.0 Å². The molecule has 10 heteroatoms. The summed E-state index contributed by atoms with van der Waals surface area (Å²) >= 11 is 0. The van der Waals surface area contributed by atoms with Crippen LogP contribution in [0.15, 0.2) is 72.9 Å². The molecule has 436 valence electrons. The van der Waals surface area contributed by atoms with Crippen molar-refractivity contribution in [2.45, 2.75) is 290 Å². The SMILES string of the molecule is CCCCC/C=C\C/C=C\C/C=C\CCCCCCCCCCC(=O)NC(COP(=O)(O)OCC[N+](C)(C)C)C(/C=C\CCCCCCCCCCCCC)OC(=O)CCCCCCCC/C=C/C=C/CCCCC. The topological polar surface area (TPSA) is 111 Å². The minimum Gasteiger partial charge on any atom is -0.456 e. The normalized spacial score (nSPS) is 14.2. The summed E-state index contributed by atoms with van der Waals surface area (Å²) in [6.45, 7) is 6.95. The number of amides is 1. The van der Waals surface area contributed by atoms with Gasteiger partial charge < -0.3 is 19.4 Å². The summed E-state index contributed by atoms with van der Waals surface area (Å²) in [5.74, 6) is -0.524. The quantitative estimate of drug-likeness (QED) is 0.0156. The van der Waals surface area contributed by atoms with Crippen LogP contribution in [0.3, 0.4) is 0 Å². The molecule has 2 N–H and O–H groups in total. The molecule has 0 bridgehead atoms. The number of quaternary nitrogens is 1. The number of nitrogens with one attached hydrogen (secondary N) is 1. The van der Waals surface area contributed by atoms with Crippen molar-refractivity contribution < 1.29 is 37.3 Å². The number of unbranched alkanes of at least 4 members (excludes halogenated alkanes) is 31. The zero-order valence-electron chi connectivity index (χ0n) is 49.8. The van der Waals surface area contributed by atoms with Gasteiger partial charge in [0.2, 0.25) is 5.91 Å². The van der Waals surface area contributed by atoms with E-state index in [1.807, 2.05) is 33.3 Å². The highest BCUT2D eigenvalue weighted by Gasteiger charge is 2.30. The Morgan fingerprint density at radius 1 is 0.480 bits per heavy atom. The van der Waals surface area contributed by atoms with E-state index in [0.29, 0.717) is 17.4 Å². The Bertz CT molecular complexity index is 1510. The zero-order valence-corrected chi connectivity index (χ0v) is 50.7. The first-order valence-electron chi connectivity index (χ1n) is 31.3. The number of carbonyl (C=O) groups is 2. The summed E-state index contributed by atoms with van der Waals surface area (Å²) in [6.07, 6.45) is 70.3. The van der Waals surface area contributed by atoms with Crippen molar-refractivity contribution in [3.05, 3.63) is 72.9 Å². The fourth-order valence-electron chi connectivity index (χ4n) is 8.76. The number of phosphoric ester groups is 1. The number of nitrogens with zero attached hydrogens (tertiary/aromatic N) is 1. The minimum atomic E-state index is -4.46. The first kappa shape index (κ1) is 72.5. The molecule has 0 aliphatic carbocycles. The molecule has 9 nitrogen and oxygen atoms in total. The fraction of sp³-hybridized carbons (Fsp3) is 0.785. The minimum absolute atomic E-state index is 0.0345. The van der Waals surface area contributed by atoms with Gasteiger partial charge in [-0.05, 0) is 96.0 Å². The van der Waals surface area contributed by atoms with Crippen LogP contribution in [0, 0.1) is 0 Å². The van der Waals surface area contributed by atoms with Gasteiger partial charge >= 0.3 is 13.8 Å². The molecule has 0 aromatic heterocycles. The molecule has 3 unspecified atom stereocenters. The maximum Gasteiger partial charge on any atom is 0.472 e. The first-order valence-corrected chi connectivity index (χ1v) is 32.8. The van der Waals surface area contributed by atoms with E-state index in [0.717, 1.165) is 103 Å². The average molecular weight is 1070 g/mol. The van der Waals surface area contributed by atoms with Crippen molar-refractivity contribution in [1.82, 2.24) is 5.32 Å². The Labute approximate surface area is 463 Å². The molecular formula is C65H120N2O7P+. The van der Waals surface area contributed by atoms with Crippen LogP contribution >= 0.6 is 7.82 Å². The predicted molar refractivity (Wildman–Crippen MR) is 323 cm³/mol. The van der Waals surface area contributed by atoms with Crippen LogP contribution < -0.4 is 5.32 Å². The summed E-state index contributed by atoms with van der Waals surface area (Å²) in [5.41, 5.74) is 0. The highest BCUT2D eigenvalue weighted by atomic mass is 31.2. The average Bonchev–Trinajstić information content (AvgIpc) is 3.37. The lowest BCUT2D eigenvalue weighted by molar-refractivity contribution is -0.870. The standard InChI is InChI=1S/C65H119N2O7P/c1-7-10-13-16-19-22-25-28-30-31-32-33-34-35-37-39-42-45-48-51-54-57-64(68)66-62(61-73-75(70,71)72-60-59-67(4,5)6)63(56-53-50-47-44-41-38-27-24-21-18-15-12-9-3)74-65(69)58-55-52-49-46-43-40-36-29-26-23-20-17-14-11-8-2/h19-20,22-23,26,28-30,32-33,53,56,62-63H,7-18,21,24-25,27,31,34-52,54-55,57-61H2,1-6H3,(H-,66,68,70,71)/p+1/b22-19-,23-20+,29-26+,30-28-,33-32-,56-53-. The summed E-state index contributed by atoms with van der Waals surface area (Å²) in [6, 6.07) is -0.860. The third-order valence-electron chi connectivity index (χ3n) is 13.6. The lowest BCUT2D eigenvalue weighted by Gasteiger charge is -2.27. The number of hydrogen-bond acceptors (Lipinski definition) is 6. The van der Waals surface area contributed by atoms with Crippen molar-refractivity contribution in [2.75, 3.05) is 40.9 Å². The Morgan fingerprint density at radius 3 is 1.32 bits per heavy atom. The van der Waals surface area contributed by atoms with E-state index >= 15 is 0 Å².